The summed E-state index contributed by atoms with van der Waals surface area (Å²) in [6.45, 7) is 2.46. The number of methoxy groups -OCH3 is 1. The number of benzene rings is 1. The highest BCUT2D eigenvalue weighted by molar-refractivity contribution is 5.84. The monoisotopic (exact) mass is 323 g/mol. The number of amides is 1. The van der Waals surface area contributed by atoms with Crippen molar-refractivity contribution in [2.75, 3.05) is 13.7 Å². The Labute approximate surface area is 135 Å². The first kappa shape index (κ1) is 17.2. The molecule has 0 aliphatic carbocycles. The van der Waals surface area contributed by atoms with Gasteiger partial charge in [-0.1, -0.05) is 13.0 Å². The van der Waals surface area contributed by atoms with E-state index in [2.05, 4.69) is 0 Å². The predicted octanol–water partition coefficient (Wildman–Crippen LogP) is 2.48. The number of halogens is 1. The van der Waals surface area contributed by atoms with Crippen molar-refractivity contribution in [2.45, 2.75) is 38.6 Å². The fourth-order valence-corrected chi connectivity index (χ4v) is 2.93. The standard InChI is InChI=1S/C17H22FNO4/c1-11-7-8-19(14(9-11)17(21)22)16(20)6-4-12-3-5-15(23-2)13(18)10-12/h3,5,10-11,14H,4,6-9H2,1-2H3,(H,21,22). The van der Waals surface area contributed by atoms with Gasteiger partial charge in [0.15, 0.2) is 11.6 Å². The molecule has 0 saturated carbocycles. The fraction of sp³-hybridized carbons (Fsp3) is 0.529. The largest absolute Gasteiger partial charge is 0.494 e. The summed E-state index contributed by atoms with van der Waals surface area (Å²) in [5.41, 5.74) is 0.689. The van der Waals surface area contributed by atoms with Crippen LogP contribution in [0.2, 0.25) is 0 Å². The zero-order chi connectivity index (χ0) is 17.0. The van der Waals surface area contributed by atoms with Gasteiger partial charge in [0.05, 0.1) is 7.11 Å². The van der Waals surface area contributed by atoms with E-state index < -0.39 is 17.8 Å². The molecular weight excluding hydrogens is 301 g/mol. The van der Waals surface area contributed by atoms with Gasteiger partial charge in [-0.15, -0.1) is 0 Å². The van der Waals surface area contributed by atoms with E-state index in [4.69, 9.17) is 4.74 Å². The molecule has 0 aromatic heterocycles. The van der Waals surface area contributed by atoms with Gasteiger partial charge in [-0.3, -0.25) is 4.79 Å². The van der Waals surface area contributed by atoms with E-state index in [0.717, 1.165) is 6.42 Å². The minimum atomic E-state index is -0.958. The molecule has 1 heterocycles. The van der Waals surface area contributed by atoms with Gasteiger partial charge in [-0.05, 0) is 42.9 Å². The van der Waals surface area contributed by atoms with Crippen LogP contribution in [0.1, 0.15) is 31.7 Å². The Kier molecular flexibility index (Phi) is 5.58. The Bertz CT molecular complexity index is 590. The third kappa shape index (κ3) is 4.21. The number of hydrogen-bond acceptors (Lipinski definition) is 3. The van der Waals surface area contributed by atoms with Crippen molar-refractivity contribution >= 4 is 11.9 Å². The molecule has 2 rings (SSSR count). The van der Waals surface area contributed by atoms with E-state index in [9.17, 15) is 19.1 Å². The number of carbonyl (C=O) groups is 2. The number of carboxylic acids is 1. The molecule has 1 fully saturated rings. The van der Waals surface area contributed by atoms with Gasteiger partial charge in [0.2, 0.25) is 5.91 Å². The van der Waals surface area contributed by atoms with Gasteiger partial charge in [0.25, 0.3) is 0 Å². The number of aliphatic carboxylic acids is 1. The zero-order valence-corrected chi connectivity index (χ0v) is 13.4. The van der Waals surface area contributed by atoms with E-state index in [-0.39, 0.29) is 18.1 Å². The summed E-state index contributed by atoms with van der Waals surface area (Å²) in [5, 5.41) is 9.30. The number of aryl methyl sites for hydroxylation is 1. The van der Waals surface area contributed by atoms with Crippen molar-refractivity contribution in [3.63, 3.8) is 0 Å². The van der Waals surface area contributed by atoms with E-state index >= 15 is 0 Å². The highest BCUT2D eigenvalue weighted by Gasteiger charge is 2.34. The highest BCUT2D eigenvalue weighted by atomic mass is 19.1. The molecule has 1 aliphatic heterocycles. The SMILES string of the molecule is COc1ccc(CCC(=O)N2CCC(C)CC2C(=O)O)cc1F. The second-order valence-electron chi connectivity index (χ2n) is 6.04. The lowest BCUT2D eigenvalue weighted by molar-refractivity contribution is -0.153. The summed E-state index contributed by atoms with van der Waals surface area (Å²) < 4.78 is 18.5. The van der Waals surface area contributed by atoms with E-state index in [0.29, 0.717) is 30.9 Å². The average Bonchev–Trinajstić information content (AvgIpc) is 2.52. The Morgan fingerprint density at radius 3 is 2.78 bits per heavy atom. The van der Waals surface area contributed by atoms with Crippen LogP contribution in [0.4, 0.5) is 4.39 Å². The van der Waals surface area contributed by atoms with Crippen LogP contribution in [-0.2, 0) is 16.0 Å². The predicted molar refractivity (Wildman–Crippen MR) is 82.8 cm³/mol. The fourth-order valence-electron chi connectivity index (χ4n) is 2.93. The number of likely N-dealkylation sites (tertiary alicyclic amines) is 1. The number of hydrogen-bond donors (Lipinski definition) is 1. The smallest absolute Gasteiger partial charge is 0.326 e. The number of piperidine rings is 1. The highest BCUT2D eigenvalue weighted by Crippen LogP contribution is 2.24. The Balaban J connectivity index is 1.98. The van der Waals surface area contributed by atoms with E-state index in [1.165, 1.54) is 24.1 Å². The van der Waals surface area contributed by atoms with Crippen molar-refractivity contribution in [3.8, 4) is 5.75 Å². The molecule has 1 aromatic rings. The second-order valence-corrected chi connectivity index (χ2v) is 6.04. The summed E-state index contributed by atoms with van der Waals surface area (Å²) in [6.07, 6.45) is 1.84. The van der Waals surface area contributed by atoms with Crippen molar-refractivity contribution < 1.29 is 23.8 Å². The lowest BCUT2D eigenvalue weighted by Gasteiger charge is -2.36. The van der Waals surface area contributed by atoms with Gasteiger partial charge < -0.3 is 14.7 Å². The molecule has 0 spiro atoms. The van der Waals surface area contributed by atoms with Crippen LogP contribution >= 0.6 is 0 Å². The molecule has 0 radical (unpaired) electrons. The molecule has 126 valence electrons. The number of carbonyl (C=O) groups excluding carboxylic acids is 1. The summed E-state index contributed by atoms with van der Waals surface area (Å²) in [4.78, 5) is 25.1. The van der Waals surface area contributed by atoms with Crippen molar-refractivity contribution in [3.05, 3.63) is 29.6 Å². The van der Waals surface area contributed by atoms with Crippen molar-refractivity contribution in [1.29, 1.82) is 0 Å². The number of nitrogens with zero attached hydrogens (tertiary/aromatic N) is 1. The molecule has 1 aromatic carbocycles. The topological polar surface area (TPSA) is 66.8 Å². The van der Waals surface area contributed by atoms with Gasteiger partial charge in [-0.2, -0.15) is 0 Å². The molecule has 1 saturated heterocycles. The molecule has 1 amide bonds. The third-order valence-electron chi connectivity index (χ3n) is 4.31. The second kappa shape index (κ2) is 7.44. The summed E-state index contributed by atoms with van der Waals surface area (Å²) in [7, 11) is 1.39. The molecule has 5 nitrogen and oxygen atoms in total. The summed E-state index contributed by atoms with van der Waals surface area (Å²) in [5.74, 6) is -1.15. The summed E-state index contributed by atoms with van der Waals surface area (Å²) >= 11 is 0. The Morgan fingerprint density at radius 2 is 2.17 bits per heavy atom. The molecule has 23 heavy (non-hydrogen) atoms. The normalized spacial score (nSPS) is 21.1. The first-order valence-electron chi connectivity index (χ1n) is 7.77. The molecule has 1 N–H and O–H groups in total. The van der Waals surface area contributed by atoms with Crippen molar-refractivity contribution in [1.82, 2.24) is 4.90 Å². The van der Waals surface area contributed by atoms with Crippen LogP contribution in [0.5, 0.6) is 5.75 Å². The number of rotatable bonds is 5. The first-order chi connectivity index (χ1) is 10.9. The van der Waals surface area contributed by atoms with Crippen LogP contribution in [0, 0.1) is 11.7 Å². The molecule has 2 atom stereocenters. The van der Waals surface area contributed by atoms with Gasteiger partial charge in [0.1, 0.15) is 6.04 Å². The minimum Gasteiger partial charge on any atom is -0.494 e. The molecule has 0 bridgehead atoms. The summed E-state index contributed by atoms with van der Waals surface area (Å²) in [6, 6.07) is 3.83. The lowest BCUT2D eigenvalue weighted by Crippen LogP contribution is -2.49. The lowest BCUT2D eigenvalue weighted by atomic mass is 9.92. The maximum absolute atomic E-state index is 13.6. The van der Waals surface area contributed by atoms with Crippen LogP contribution in [-0.4, -0.2) is 41.6 Å². The molecule has 1 aliphatic rings. The zero-order valence-electron chi connectivity index (χ0n) is 13.4. The third-order valence-corrected chi connectivity index (χ3v) is 4.31. The van der Waals surface area contributed by atoms with Gasteiger partial charge in [0, 0.05) is 13.0 Å². The number of carboxylic acid groups (broad SMARTS) is 1. The maximum atomic E-state index is 13.6. The van der Waals surface area contributed by atoms with Gasteiger partial charge >= 0.3 is 5.97 Å². The van der Waals surface area contributed by atoms with Crippen LogP contribution in [0.3, 0.4) is 0 Å². The molecular formula is C17H22FNO4. The first-order valence-corrected chi connectivity index (χ1v) is 7.77. The maximum Gasteiger partial charge on any atom is 0.326 e. The Hall–Kier alpha value is -2.11. The quantitative estimate of drug-likeness (QED) is 0.904. The van der Waals surface area contributed by atoms with Crippen LogP contribution in [0.15, 0.2) is 18.2 Å². The van der Waals surface area contributed by atoms with E-state index in [1.54, 1.807) is 6.07 Å². The molecule has 6 heteroatoms. The van der Waals surface area contributed by atoms with E-state index in [1.807, 2.05) is 6.92 Å². The minimum absolute atomic E-state index is 0.163. The van der Waals surface area contributed by atoms with Crippen LogP contribution < -0.4 is 4.74 Å². The molecule has 2 unspecified atom stereocenters. The van der Waals surface area contributed by atoms with Crippen molar-refractivity contribution in [2.24, 2.45) is 5.92 Å². The van der Waals surface area contributed by atoms with Gasteiger partial charge in [-0.25, -0.2) is 9.18 Å². The number of ether oxygens (including phenoxy) is 1. The van der Waals surface area contributed by atoms with Crippen LogP contribution in [0.25, 0.3) is 0 Å². The Morgan fingerprint density at radius 1 is 1.43 bits per heavy atom. The average molecular weight is 323 g/mol.